The molecule has 2 heteroatoms. The highest BCUT2D eigenvalue weighted by molar-refractivity contribution is 5.95. The molecule has 25 heavy (non-hydrogen) atoms. The van der Waals surface area contributed by atoms with E-state index < -0.39 is 0 Å². The summed E-state index contributed by atoms with van der Waals surface area (Å²) in [6.07, 6.45) is 9.58. The molecule has 0 saturated heterocycles. The van der Waals surface area contributed by atoms with Crippen molar-refractivity contribution in [3.05, 3.63) is 58.7 Å². The van der Waals surface area contributed by atoms with Gasteiger partial charge in [-0.3, -0.25) is 0 Å². The first-order chi connectivity index (χ1) is 12.0. The molecule has 2 rings (SSSR count). The van der Waals surface area contributed by atoms with Crippen molar-refractivity contribution in [2.45, 2.75) is 59.8 Å². The molecule has 0 fully saturated rings. The van der Waals surface area contributed by atoms with Gasteiger partial charge >= 0.3 is 0 Å². The zero-order valence-electron chi connectivity index (χ0n) is 15.9. The Morgan fingerprint density at radius 3 is 2.16 bits per heavy atom. The summed E-state index contributed by atoms with van der Waals surface area (Å²) in [6.45, 7) is 8.41. The van der Waals surface area contributed by atoms with Crippen LogP contribution in [0.3, 0.4) is 0 Å². The first-order valence-electron chi connectivity index (χ1n) is 9.19. The lowest BCUT2D eigenvalue weighted by Gasteiger charge is -2.13. The van der Waals surface area contributed by atoms with E-state index in [1.54, 1.807) is 0 Å². The smallest absolute Gasteiger partial charge is 0.127 e. The van der Waals surface area contributed by atoms with Crippen molar-refractivity contribution in [3.8, 4) is 11.5 Å². The minimum absolute atomic E-state index is 0.271. The van der Waals surface area contributed by atoms with Gasteiger partial charge in [0, 0.05) is 16.3 Å². The van der Waals surface area contributed by atoms with Gasteiger partial charge in [-0.2, -0.15) is 0 Å². The zero-order chi connectivity index (χ0) is 18.4. The normalized spacial score (nSPS) is 12.8. The van der Waals surface area contributed by atoms with E-state index in [0.717, 1.165) is 24.0 Å². The van der Waals surface area contributed by atoms with Crippen molar-refractivity contribution in [2.75, 3.05) is 0 Å². The zero-order valence-corrected chi connectivity index (χ0v) is 15.9. The van der Waals surface area contributed by atoms with Crippen molar-refractivity contribution in [2.24, 2.45) is 0 Å². The van der Waals surface area contributed by atoms with Gasteiger partial charge in [-0.25, -0.2) is 0 Å². The van der Waals surface area contributed by atoms with Gasteiger partial charge in [0.05, 0.1) is 0 Å². The summed E-state index contributed by atoms with van der Waals surface area (Å²) in [5, 5.41) is 22.5. The van der Waals surface area contributed by atoms with Crippen molar-refractivity contribution in [3.63, 3.8) is 0 Å². The molecule has 0 atom stereocenters. The van der Waals surface area contributed by atoms with Crippen LogP contribution in [0.2, 0.25) is 0 Å². The summed E-state index contributed by atoms with van der Waals surface area (Å²) in [6, 6.07) is 7.45. The molecule has 0 bridgehead atoms. The summed E-state index contributed by atoms with van der Waals surface area (Å²) in [5.41, 5.74) is 4.35. The maximum atomic E-state index is 10.6. The Morgan fingerprint density at radius 2 is 1.52 bits per heavy atom. The Hall–Kier alpha value is -2.22. The number of phenolic OH excluding ortho intramolecular Hbond substituents is 2. The van der Waals surface area contributed by atoms with Gasteiger partial charge in [0.2, 0.25) is 0 Å². The monoisotopic (exact) mass is 338 g/mol. The van der Waals surface area contributed by atoms with Crippen molar-refractivity contribution >= 4 is 10.8 Å². The van der Waals surface area contributed by atoms with E-state index in [1.165, 1.54) is 24.0 Å². The van der Waals surface area contributed by atoms with Crippen LogP contribution in [-0.2, 0) is 6.42 Å². The van der Waals surface area contributed by atoms with E-state index in [4.69, 9.17) is 0 Å². The van der Waals surface area contributed by atoms with Crippen molar-refractivity contribution in [1.82, 2.24) is 0 Å². The summed E-state index contributed by atoms with van der Waals surface area (Å²) in [7, 11) is 0. The minimum Gasteiger partial charge on any atom is -0.507 e. The van der Waals surface area contributed by atoms with Gasteiger partial charge in [-0.1, -0.05) is 60.9 Å². The molecule has 0 aromatic heterocycles. The standard InChI is InChI=1S/C23H30O2/c1-5-9-16(2)10-8-11-17(3)14-15-19-18(4)22(24)20-12-6-7-13-21(20)23(19)25/h6-7,10,12-14,24-25H,5,8-9,11,15H2,1-4H3/b16-10+,17-14+. The Balaban J connectivity index is 2.16. The lowest BCUT2D eigenvalue weighted by molar-refractivity contribution is 0.461. The first-order valence-corrected chi connectivity index (χ1v) is 9.19. The molecule has 0 aliphatic carbocycles. The number of rotatable bonds is 7. The molecule has 0 unspecified atom stereocenters. The molecule has 0 radical (unpaired) electrons. The molecule has 134 valence electrons. The number of allylic oxidation sites excluding steroid dienone is 4. The number of fused-ring (bicyclic) bond motifs is 1. The van der Waals surface area contributed by atoms with E-state index in [9.17, 15) is 10.2 Å². The predicted octanol–water partition coefficient (Wildman–Crippen LogP) is 6.57. The minimum atomic E-state index is 0.271. The molecule has 0 amide bonds. The average Bonchev–Trinajstić information content (AvgIpc) is 2.60. The van der Waals surface area contributed by atoms with E-state index in [0.29, 0.717) is 17.2 Å². The second-order valence-electron chi connectivity index (χ2n) is 6.94. The Morgan fingerprint density at radius 1 is 0.920 bits per heavy atom. The van der Waals surface area contributed by atoms with Crippen LogP contribution in [0.4, 0.5) is 0 Å². The quantitative estimate of drug-likeness (QED) is 0.442. The van der Waals surface area contributed by atoms with Gasteiger partial charge in [0.15, 0.2) is 0 Å². The van der Waals surface area contributed by atoms with E-state index in [-0.39, 0.29) is 11.5 Å². The van der Waals surface area contributed by atoms with E-state index in [2.05, 4.69) is 32.9 Å². The number of hydrogen-bond donors (Lipinski definition) is 2. The van der Waals surface area contributed by atoms with Crippen LogP contribution in [0.1, 0.15) is 57.6 Å². The first kappa shape index (κ1) is 19.1. The van der Waals surface area contributed by atoms with Gasteiger partial charge in [-0.05, 0) is 52.0 Å². The van der Waals surface area contributed by atoms with E-state index in [1.807, 2.05) is 31.2 Å². The van der Waals surface area contributed by atoms with Gasteiger partial charge in [0.1, 0.15) is 11.5 Å². The van der Waals surface area contributed by atoms with Crippen LogP contribution in [0.25, 0.3) is 10.8 Å². The maximum Gasteiger partial charge on any atom is 0.127 e. The molecule has 0 saturated carbocycles. The summed E-state index contributed by atoms with van der Waals surface area (Å²) in [4.78, 5) is 0. The summed E-state index contributed by atoms with van der Waals surface area (Å²) >= 11 is 0. The second-order valence-corrected chi connectivity index (χ2v) is 6.94. The summed E-state index contributed by atoms with van der Waals surface area (Å²) < 4.78 is 0. The molecule has 0 aliphatic heterocycles. The number of phenols is 2. The fourth-order valence-electron chi connectivity index (χ4n) is 3.25. The Bertz CT molecular complexity index is 797. The van der Waals surface area contributed by atoms with Crippen LogP contribution in [0.5, 0.6) is 11.5 Å². The average molecular weight is 338 g/mol. The van der Waals surface area contributed by atoms with E-state index >= 15 is 0 Å². The third-order valence-corrected chi connectivity index (χ3v) is 4.86. The number of hydrogen-bond acceptors (Lipinski definition) is 2. The van der Waals surface area contributed by atoms with Gasteiger partial charge in [0.25, 0.3) is 0 Å². The SMILES string of the molecule is CCC/C(C)=C/CC/C(C)=C/Cc1c(C)c(O)c2ccccc2c1O. The Kier molecular flexibility index (Phi) is 6.69. The maximum absolute atomic E-state index is 10.6. The Labute approximate surface area is 151 Å². The van der Waals surface area contributed by atoms with Crippen LogP contribution >= 0.6 is 0 Å². The van der Waals surface area contributed by atoms with Gasteiger partial charge < -0.3 is 10.2 Å². The third-order valence-electron chi connectivity index (χ3n) is 4.86. The van der Waals surface area contributed by atoms with Crippen LogP contribution < -0.4 is 0 Å². The van der Waals surface area contributed by atoms with Gasteiger partial charge in [-0.15, -0.1) is 0 Å². The molecule has 2 nitrogen and oxygen atoms in total. The second kappa shape index (κ2) is 8.75. The fourth-order valence-corrected chi connectivity index (χ4v) is 3.25. The topological polar surface area (TPSA) is 40.5 Å². The highest BCUT2D eigenvalue weighted by atomic mass is 16.3. The fraction of sp³-hybridized carbons (Fsp3) is 0.391. The number of aromatic hydroxyl groups is 2. The number of benzene rings is 2. The van der Waals surface area contributed by atoms with Crippen LogP contribution in [-0.4, -0.2) is 10.2 Å². The highest BCUT2D eigenvalue weighted by Gasteiger charge is 2.14. The molecular weight excluding hydrogens is 308 g/mol. The molecule has 0 aliphatic rings. The molecule has 2 aromatic carbocycles. The predicted molar refractivity (Wildman–Crippen MR) is 107 cm³/mol. The molecular formula is C23H30O2. The molecule has 2 aromatic rings. The van der Waals surface area contributed by atoms with Crippen molar-refractivity contribution < 1.29 is 10.2 Å². The summed E-state index contributed by atoms with van der Waals surface area (Å²) in [5.74, 6) is 0.557. The van der Waals surface area contributed by atoms with Crippen LogP contribution in [0, 0.1) is 6.92 Å². The van der Waals surface area contributed by atoms with Crippen molar-refractivity contribution in [1.29, 1.82) is 0 Å². The third kappa shape index (κ3) is 4.66. The molecule has 2 N–H and O–H groups in total. The lowest BCUT2D eigenvalue weighted by Crippen LogP contribution is -1.92. The molecule has 0 spiro atoms. The highest BCUT2D eigenvalue weighted by Crippen LogP contribution is 2.39. The largest absolute Gasteiger partial charge is 0.507 e. The molecule has 0 heterocycles. The lowest BCUT2D eigenvalue weighted by atomic mass is 9.95. The van der Waals surface area contributed by atoms with Crippen LogP contribution in [0.15, 0.2) is 47.6 Å².